The second-order valence-corrected chi connectivity index (χ2v) is 7.92. The average Bonchev–Trinajstić information content (AvgIpc) is 3.19. The first-order valence-electron chi connectivity index (χ1n) is 10.6. The van der Waals surface area contributed by atoms with Crippen LogP contribution in [0.15, 0.2) is 54.6 Å². The summed E-state index contributed by atoms with van der Waals surface area (Å²) in [6.45, 7) is 4.18. The van der Waals surface area contributed by atoms with E-state index >= 15 is 0 Å². The molecule has 152 valence electrons. The number of hydrogen-bond acceptors (Lipinski definition) is 3. The Morgan fingerprint density at radius 2 is 1.52 bits per heavy atom. The van der Waals surface area contributed by atoms with Crippen LogP contribution in [0.5, 0.6) is 0 Å². The van der Waals surface area contributed by atoms with Gasteiger partial charge in [-0.05, 0) is 36.5 Å². The number of para-hydroxylation sites is 1. The summed E-state index contributed by atoms with van der Waals surface area (Å²) in [5.41, 5.74) is 3.60. The van der Waals surface area contributed by atoms with Crippen molar-refractivity contribution < 1.29 is 9.59 Å². The van der Waals surface area contributed by atoms with Gasteiger partial charge in [0, 0.05) is 44.8 Å². The molecule has 5 nitrogen and oxygen atoms in total. The molecule has 1 fully saturated rings. The zero-order valence-electron chi connectivity index (χ0n) is 16.9. The second-order valence-electron chi connectivity index (χ2n) is 7.92. The molecule has 29 heavy (non-hydrogen) atoms. The highest BCUT2D eigenvalue weighted by Crippen LogP contribution is 2.27. The summed E-state index contributed by atoms with van der Waals surface area (Å²) in [6, 6.07) is 18.5. The van der Waals surface area contributed by atoms with Gasteiger partial charge >= 0.3 is 0 Å². The maximum absolute atomic E-state index is 12.8. The molecule has 0 saturated carbocycles. The number of benzene rings is 2. The zero-order valence-corrected chi connectivity index (χ0v) is 16.9. The van der Waals surface area contributed by atoms with Gasteiger partial charge < -0.3 is 9.80 Å². The van der Waals surface area contributed by atoms with Crippen molar-refractivity contribution in [2.45, 2.75) is 25.7 Å². The van der Waals surface area contributed by atoms with E-state index in [-0.39, 0.29) is 11.8 Å². The van der Waals surface area contributed by atoms with E-state index in [0.29, 0.717) is 26.1 Å². The van der Waals surface area contributed by atoms with Crippen LogP contribution in [0.3, 0.4) is 0 Å². The molecule has 2 aromatic rings. The highest BCUT2D eigenvalue weighted by molar-refractivity contribution is 5.96. The van der Waals surface area contributed by atoms with Crippen LogP contribution in [0.1, 0.15) is 24.0 Å². The average molecular weight is 392 g/mol. The molecule has 2 heterocycles. The predicted octanol–water partition coefficient (Wildman–Crippen LogP) is 2.74. The quantitative estimate of drug-likeness (QED) is 0.761. The molecular weight excluding hydrogens is 362 g/mol. The lowest BCUT2D eigenvalue weighted by Gasteiger charge is -2.35. The fourth-order valence-corrected chi connectivity index (χ4v) is 4.28. The Labute approximate surface area is 172 Å². The van der Waals surface area contributed by atoms with Crippen molar-refractivity contribution in [3.8, 4) is 0 Å². The monoisotopic (exact) mass is 391 g/mol. The zero-order chi connectivity index (χ0) is 20.1. The fourth-order valence-electron chi connectivity index (χ4n) is 4.28. The van der Waals surface area contributed by atoms with Crippen molar-refractivity contribution in [1.82, 2.24) is 9.80 Å². The Hall–Kier alpha value is -2.66. The molecule has 2 aliphatic heterocycles. The molecule has 0 aliphatic carbocycles. The van der Waals surface area contributed by atoms with E-state index < -0.39 is 0 Å². The molecule has 0 aromatic heterocycles. The number of piperazine rings is 1. The predicted molar refractivity (Wildman–Crippen MR) is 115 cm³/mol. The fraction of sp³-hybridized carbons (Fsp3) is 0.417. The molecule has 4 rings (SSSR count). The van der Waals surface area contributed by atoms with E-state index in [9.17, 15) is 9.59 Å². The smallest absolute Gasteiger partial charge is 0.241 e. The molecule has 2 aliphatic rings. The number of anilines is 1. The Kier molecular flexibility index (Phi) is 6.25. The first-order chi connectivity index (χ1) is 14.2. The summed E-state index contributed by atoms with van der Waals surface area (Å²) in [5, 5.41) is 0. The van der Waals surface area contributed by atoms with Crippen molar-refractivity contribution >= 4 is 17.5 Å². The first-order valence-corrected chi connectivity index (χ1v) is 10.6. The van der Waals surface area contributed by atoms with E-state index in [4.69, 9.17) is 0 Å². The Morgan fingerprint density at radius 3 is 2.31 bits per heavy atom. The van der Waals surface area contributed by atoms with Gasteiger partial charge in [-0.1, -0.05) is 48.5 Å². The van der Waals surface area contributed by atoms with Crippen LogP contribution in [0, 0.1) is 0 Å². The van der Waals surface area contributed by atoms with Crippen molar-refractivity contribution in [1.29, 1.82) is 0 Å². The van der Waals surface area contributed by atoms with Gasteiger partial charge in [0.05, 0.1) is 6.54 Å². The summed E-state index contributed by atoms with van der Waals surface area (Å²) in [5.74, 6) is 0.401. The van der Waals surface area contributed by atoms with Crippen LogP contribution >= 0.6 is 0 Å². The lowest BCUT2D eigenvalue weighted by atomic mass is 10.1. The molecule has 0 atom stereocenters. The molecule has 5 heteroatoms. The molecule has 2 amide bonds. The molecular formula is C24H29N3O2. The topological polar surface area (TPSA) is 43.9 Å². The minimum Gasteiger partial charge on any atom is -0.340 e. The summed E-state index contributed by atoms with van der Waals surface area (Å²) < 4.78 is 0. The normalized spacial score (nSPS) is 16.7. The standard InChI is InChI=1S/C24H29N3O2/c28-23(12-6-9-20-7-2-1-3-8-20)26-17-15-25(16-18-26)19-24(29)27-14-13-21-10-4-5-11-22(21)27/h1-5,7-8,10-11H,6,9,12-19H2. The van der Waals surface area contributed by atoms with Crippen molar-refractivity contribution in [3.63, 3.8) is 0 Å². The van der Waals surface area contributed by atoms with E-state index in [2.05, 4.69) is 23.1 Å². The number of aryl methyl sites for hydroxylation is 1. The van der Waals surface area contributed by atoms with Gasteiger partial charge in [0.1, 0.15) is 0 Å². The maximum Gasteiger partial charge on any atom is 0.241 e. The van der Waals surface area contributed by atoms with Gasteiger partial charge in [0.2, 0.25) is 11.8 Å². The lowest BCUT2D eigenvalue weighted by molar-refractivity contribution is -0.133. The number of carbonyl (C=O) groups is 2. The molecule has 1 saturated heterocycles. The van der Waals surface area contributed by atoms with E-state index in [1.807, 2.05) is 46.2 Å². The Balaban J connectivity index is 1.19. The summed E-state index contributed by atoms with van der Waals surface area (Å²) in [7, 11) is 0. The Bertz CT molecular complexity index is 844. The minimum atomic E-state index is 0.164. The highest BCUT2D eigenvalue weighted by atomic mass is 16.2. The van der Waals surface area contributed by atoms with Crippen molar-refractivity contribution in [2.75, 3.05) is 44.2 Å². The lowest BCUT2D eigenvalue weighted by Crippen LogP contribution is -2.51. The summed E-state index contributed by atoms with van der Waals surface area (Å²) in [6.07, 6.45) is 3.36. The van der Waals surface area contributed by atoms with E-state index in [1.54, 1.807) is 0 Å². The molecule has 0 unspecified atom stereocenters. The van der Waals surface area contributed by atoms with Crippen LogP contribution in [-0.2, 0) is 22.4 Å². The van der Waals surface area contributed by atoms with Crippen LogP contribution < -0.4 is 4.90 Å². The highest BCUT2D eigenvalue weighted by Gasteiger charge is 2.27. The minimum absolute atomic E-state index is 0.164. The molecule has 0 spiro atoms. The number of nitrogens with zero attached hydrogens (tertiary/aromatic N) is 3. The van der Waals surface area contributed by atoms with Gasteiger partial charge in [0.15, 0.2) is 0 Å². The second kappa shape index (κ2) is 9.23. The third-order valence-electron chi connectivity index (χ3n) is 5.97. The van der Waals surface area contributed by atoms with Gasteiger partial charge in [-0.3, -0.25) is 14.5 Å². The summed E-state index contributed by atoms with van der Waals surface area (Å²) in [4.78, 5) is 31.3. The van der Waals surface area contributed by atoms with E-state index in [1.165, 1.54) is 11.1 Å². The number of hydrogen-bond donors (Lipinski definition) is 0. The number of rotatable bonds is 6. The van der Waals surface area contributed by atoms with Gasteiger partial charge in [-0.2, -0.15) is 0 Å². The number of fused-ring (bicyclic) bond motifs is 1. The van der Waals surface area contributed by atoms with Crippen molar-refractivity contribution in [3.05, 3.63) is 65.7 Å². The van der Waals surface area contributed by atoms with E-state index in [0.717, 1.165) is 44.6 Å². The van der Waals surface area contributed by atoms with Crippen LogP contribution in [0.25, 0.3) is 0 Å². The number of carbonyl (C=O) groups excluding carboxylic acids is 2. The molecule has 2 aromatic carbocycles. The molecule has 0 bridgehead atoms. The third kappa shape index (κ3) is 4.85. The van der Waals surface area contributed by atoms with Crippen LogP contribution in [-0.4, -0.2) is 60.9 Å². The third-order valence-corrected chi connectivity index (χ3v) is 5.97. The van der Waals surface area contributed by atoms with Crippen LogP contribution in [0.2, 0.25) is 0 Å². The molecule has 0 N–H and O–H groups in total. The summed E-state index contributed by atoms with van der Waals surface area (Å²) >= 11 is 0. The van der Waals surface area contributed by atoms with Gasteiger partial charge in [-0.15, -0.1) is 0 Å². The largest absolute Gasteiger partial charge is 0.340 e. The van der Waals surface area contributed by atoms with Gasteiger partial charge in [-0.25, -0.2) is 0 Å². The number of amides is 2. The first kappa shape index (κ1) is 19.6. The molecule has 0 radical (unpaired) electrons. The SMILES string of the molecule is O=C(CCCc1ccccc1)N1CCN(CC(=O)N2CCc3ccccc32)CC1. The maximum atomic E-state index is 12.8. The van der Waals surface area contributed by atoms with Gasteiger partial charge in [0.25, 0.3) is 0 Å². The van der Waals surface area contributed by atoms with Crippen LogP contribution in [0.4, 0.5) is 5.69 Å². The van der Waals surface area contributed by atoms with Crippen molar-refractivity contribution in [2.24, 2.45) is 0 Å². The Morgan fingerprint density at radius 1 is 0.793 bits per heavy atom.